The largest absolute Gasteiger partial charge is 0.452 e. The number of carbonyl (C=O) groups is 1. The van der Waals surface area contributed by atoms with Gasteiger partial charge in [-0.15, -0.1) is 0 Å². The zero-order chi connectivity index (χ0) is 14.0. The monoisotopic (exact) mass is 271 g/mol. The summed E-state index contributed by atoms with van der Waals surface area (Å²) in [6, 6.07) is 2.89. The van der Waals surface area contributed by atoms with E-state index in [1.807, 2.05) is 0 Å². The van der Waals surface area contributed by atoms with Crippen molar-refractivity contribution in [1.82, 2.24) is 9.97 Å². The van der Waals surface area contributed by atoms with E-state index in [-0.39, 0.29) is 5.89 Å². The zero-order valence-corrected chi connectivity index (χ0v) is 9.65. The van der Waals surface area contributed by atoms with Crippen LogP contribution in [0.4, 0.5) is 18.9 Å². The Morgan fingerprint density at radius 3 is 2.53 bits per heavy atom. The van der Waals surface area contributed by atoms with Gasteiger partial charge >= 0.3 is 6.18 Å². The maximum absolute atomic E-state index is 12.6. The molecule has 0 spiro atoms. The van der Waals surface area contributed by atoms with Gasteiger partial charge in [-0.3, -0.25) is 9.78 Å². The van der Waals surface area contributed by atoms with Gasteiger partial charge in [-0.05, 0) is 12.1 Å². The first-order valence-electron chi connectivity index (χ1n) is 5.14. The van der Waals surface area contributed by atoms with Crippen LogP contribution in [0.1, 0.15) is 22.1 Å². The average Bonchev–Trinajstić information content (AvgIpc) is 2.72. The number of oxazole rings is 1. The SMILES string of the molecule is Cc1nc(C(=O)Nc2ccncc2)c(C(F)(F)F)o1. The molecule has 1 N–H and O–H groups in total. The second-order valence-corrected chi connectivity index (χ2v) is 3.60. The maximum Gasteiger partial charge on any atom is 0.452 e. The summed E-state index contributed by atoms with van der Waals surface area (Å²) >= 11 is 0. The summed E-state index contributed by atoms with van der Waals surface area (Å²) in [6.45, 7) is 1.23. The number of aromatic nitrogens is 2. The molecule has 100 valence electrons. The van der Waals surface area contributed by atoms with Gasteiger partial charge < -0.3 is 9.73 Å². The Bertz CT molecular complexity index is 593. The van der Waals surface area contributed by atoms with Gasteiger partial charge in [-0.1, -0.05) is 0 Å². The van der Waals surface area contributed by atoms with E-state index < -0.39 is 23.5 Å². The number of halogens is 3. The molecule has 0 fully saturated rings. The van der Waals surface area contributed by atoms with Crippen LogP contribution in [0.5, 0.6) is 0 Å². The fraction of sp³-hybridized carbons (Fsp3) is 0.182. The van der Waals surface area contributed by atoms with Gasteiger partial charge in [0.15, 0.2) is 11.6 Å². The van der Waals surface area contributed by atoms with E-state index in [2.05, 4.69) is 19.7 Å². The lowest BCUT2D eigenvalue weighted by atomic mass is 10.3. The van der Waals surface area contributed by atoms with E-state index in [0.717, 1.165) is 0 Å². The minimum Gasteiger partial charge on any atom is -0.436 e. The van der Waals surface area contributed by atoms with E-state index in [0.29, 0.717) is 5.69 Å². The standard InChI is InChI=1S/C11H8F3N3O2/c1-6-16-8(9(19-6)11(12,13)14)10(18)17-7-2-4-15-5-3-7/h2-5H,1H3,(H,15,17,18). The number of aryl methyl sites for hydroxylation is 1. The third-order valence-corrected chi connectivity index (χ3v) is 2.14. The molecular formula is C11H8F3N3O2. The Morgan fingerprint density at radius 2 is 1.95 bits per heavy atom. The lowest BCUT2D eigenvalue weighted by Gasteiger charge is -2.05. The first-order valence-corrected chi connectivity index (χ1v) is 5.14. The van der Waals surface area contributed by atoms with E-state index in [9.17, 15) is 18.0 Å². The molecule has 0 radical (unpaired) electrons. The van der Waals surface area contributed by atoms with Crippen LogP contribution in [-0.2, 0) is 6.18 Å². The molecule has 0 bridgehead atoms. The first-order chi connectivity index (χ1) is 8.88. The number of amides is 1. The predicted octanol–water partition coefficient (Wildman–Crippen LogP) is 2.65. The molecular weight excluding hydrogens is 263 g/mol. The highest BCUT2D eigenvalue weighted by molar-refractivity contribution is 6.03. The van der Waals surface area contributed by atoms with Crippen molar-refractivity contribution in [2.75, 3.05) is 5.32 Å². The van der Waals surface area contributed by atoms with Crippen LogP contribution in [0, 0.1) is 6.92 Å². The van der Waals surface area contributed by atoms with Crippen LogP contribution in [0.3, 0.4) is 0 Å². The van der Waals surface area contributed by atoms with Gasteiger partial charge in [0.2, 0.25) is 5.76 Å². The highest BCUT2D eigenvalue weighted by atomic mass is 19.4. The summed E-state index contributed by atoms with van der Waals surface area (Å²) in [6.07, 6.45) is -1.98. The van der Waals surface area contributed by atoms with Crippen LogP contribution >= 0.6 is 0 Å². The third-order valence-electron chi connectivity index (χ3n) is 2.14. The molecule has 19 heavy (non-hydrogen) atoms. The molecule has 0 saturated carbocycles. The molecule has 2 aromatic rings. The number of pyridine rings is 1. The summed E-state index contributed by atoms with van der Waals surface area (Å²) in [5.41, 5.74) is -0.476. The Labute approximate surface area is 105 Å². The van der Waals surface area contributed by atoms with Crippen molar-refractivity contribution < 1.29 is 22.4 Å². The van der Waals surface area contributed by atoms with Crippen LogP contribution in [-0.4, -0.2) is 15.9 Å². The predicted molar refractivity (Wildman–Crippen MR) is 58.4 cm³/mol. The zero-order valence-electron chi connectivity index (χ0n) is 9.65. The molecule has 8 heteroatoms. The minimum absolute atomic E-state index is 0.229. The fourth-order valence-electron chi connectivity index (χ4n) is 1.40. The molecule has 0 atom stereocenters. The molecule has 0 aliphatic rings. The summed E-state index contributed by atoms with van der Waals surface area (Å²) in [4.78, 5) is 18.9. The quantitative estimate of drug-likeness (QED) is 0.911. The molecule has 2 aromatic heterocycles. The normalized spacial score (nSPS) is 11.4. The molecule has 1 amide bonds. The summed E-state index contributed by atoms with van der Waals surface area (Å²) < 4.78 is 42.3. The number of nitrogens with zero attached hydrogens (tertiary/aromatic N) is 2. The van der Waals surface area contributed by atoms with Gasteiger partial charge in [-0.2, -0.15) is 13.2 Å². The number of hydrogen-bond donors (Lipinski definition) is 1. The summed E-state index contributed by atoms with van der Waals surface area (Å²) in [7, 11) is 0. The fourth-order valence-corrected chi connectivity index (χ4v) is 1.40. The summed E-state index contributed by atoms with van der Waals surface area (Å²) in [5, 5.41) is 2.28. The molecule has 2 heterocycles. The lowest BCUT2D eigenvalue weighted by Crippen LogP contribution is -2.18. The second-order valence-electron chi connectivity index (χ2n) is 3.60. The maximum atomic E-state index is 12.6. The van der Waals surface area contributed by atoms with E-state index in [1.165, 1.54) is 31.5 Å². The minimum atomic E-state index is -4.77. The Balaban J connectivity index is 2.30. The molecule has 0 saturated heterocycles. The Kier molecular flexibility index (Phi) is 3.24. The molecule has 0 aliphatic heterocycles. The van der Waals surface area contributed by atoms with Crippen molar-refractivity contribution in [2.45, 2.75) is 13.1 Å². The van der Waals surface area contributed by atoms with Crippen molar-refractivity contribution in [3.63, 3.8) is 0 Å². The van der Waals surface area contributed by atoms with E-state index in [1.54, 1.807) is 0 Å². The number of hydrogen-bond acceptors (Lipinski definition) is 4. The third kappa shape index (κ3) is 2.90. The van der Waals surface area contributed by atoms with Gasteiger partial charge in [0, 0.05) is 25.0 Å². The number of nitrogens with one attached hydrogen (secondary N) is 1. The van der Waals surface area contributed by atoms with E-state index in [4.69, 9.17) is 0 Å². The van der Waals surface area contributed by atoms with Gasteiger partial charge in [0.25, 0.3) is 5.91 Å². The first kappa shape index (κ1) is 13.1. The van der Waals surface area contributed by atoms with Crippen molar-refractivity contribution >= 4 is 11.6 Å². The molecule has 0 aromatic carbocycles. The van der Waals surface area contributed by atoms with Crippen molar-refractivity contribution in [3.05, 3.63) is 41.9 Å². The van der Waals surface area contributed by atoms with Crippen LogP contribution in [0.25, 0.3) is 0 Å². The smallest absolute Gasteiger partial charge is 0.436 e. The average molecular weight is 271 g/mol. The van der Waals surface area contributed by atoms with Crippen LogP contribution in [0.2, 0.25) is 0 Å². The summed E-state index contributed by atoms with van der Waals surface area (Å²) in [5.74, 6) is -2.63. The molecule has 0 unspecified atom stereocenters. The van der Waals surface area contributed by atoms with Crippen molar-refractivity contribution in [3.8, 4) is 0 Å². The highest BCUT2D eigenvalue weighted by Crippen LogP contribution is 2.32. The highest BCUT2D eigenvalue weighted by Gasteiger charge is 2.41. The van der Waals surface area contributed by atoms with Crippen LogP contribution in [0.15, 0.2) is 28.9 Å². The van der Waals surface area contributed by atoms with Gasteiger partial charge in [0.05, 0.1) is 0 Å². The van der Waals surface area contributed by atoms with Crippen LogP contribution < -0.4 is 5.32 Å². The van der Waals surface area contributed by atoms with E-state index >= 15 is 0 Å². The number of alkyl halides is 3. The Morgan fingerprint density at radius 1 is 1.32 bits per heavy atom. The molecule has 5 nitrogen and oxygen atoms in total. The number of carbonyl (C=O) groups excluding carboxylic acids is 1. The lowest BCUT2D eigenvalue weighted by molar-refractivity contribution is -0.153. The van der Waals surface area contributed by atoms with Crippen molar-refractivity contribution in [2.24, 2.45) is 0 Å². The molecule has 0 aliphatic carbocycles. The van der Waals surface area contributed by atoms with Gasteiger partial charge in [-0.25, -0.2) is 4.98 Å². The van der Waals surface area contributed by atoms with Gasteiger partial charge in [0.1, 0.15) is 0 Å². The second kappa shape index (κ2) is 4.71. The van der Waals surface area contributed by atoms with Crippen molar-refractivity contribution in [1.29, 1.82) is 0 Å². The topological polar surface area (TPSA) is 68.0 Å². The number of anilines is 1. The molecule has 2 rings (SSSR count). The Hall–Kier alpha value is -2.38. The number of rotatable bonds is 2.